The number of amides is 1. The number of nitrogens with two attached hydrogens (primary N) is 1. The van der Waals surface area contributed by atoms with Crippen LogP contribution in [0.25, 0.3) is 0 Å². The van der Waals surface area contributed by atoms with E-state index in [1.807, 2.05) is 61.5 Å². The molecule has 2 aromatic carbocycles. The molecule has 1 atom stereocenters. The number of likely N-dealkylation sites (N-methyl/N-ethyl adjacent to an activating group) is 1. The molecule has 0 heterocycles. The van der Waals surface area contributed by atoms with Crippen molar-refractivity contribution in [2.45, 2.75) is 19.6 Å². The van der Waals surface area contributed by atoms with E-state index >= 15 is 0 Å². The highest BCUT2D eigenvalue weighted by atomic mass is 16.5. The summed E-state index contributed by atoms with van der Waals surface area (Å²) in [5, 5.41) is 0. The highest BCUT2D eigenvalue weighted by molar-refractivity contribution is 5.82. The molecule has 2 aromatic rings. The molecular formula is C19H24N2O2. The third-order valence-corrected chi connectivity index (χ3v) is 3.76. The van der Waals surface area contributed by atoms with Gasteiger partial charge in [-0.2, -0.15) is 0 Å². The first-order valence-corrected chi connectivity index (χ1v) is 7.76. The van der Waals surface area contributed by atoms with Gasteiger partial charge in [-0.25, -0.2) is 0 Å². The van der Waals surface area contributed by atoms with E-state index in [2.05, 4.69) is 0 Å². The molecule has 1 amide bonds. The van der Waals surface area contributed by atoms with Crippen molar-refractivity contribution in [2.24, 2.45) is 5.73 Å². The van der Waals surface area contributed by atoms with Crippen molar-refractivity contribution >= 4 is 5.91 Å². The van der Waals surface area contributed by atoms with Crippen molar-refractivity contribution < 1.29 is 9.53 Å². The number of nitrogens with zero attached hydrogens (tertiary/aromatic N) is 1. The number of aryl methyl sites for hydroxylation is 1. The predicted molar refractivity (Wildman–Crippen MR) is 91.8 cm³/mol. The second-order valence-corrected chi connectivity index (χ2v) is 5.69. The third-order valence-electron chi connectivity index (χ3n) is 3.76. The van der Waals surface area contributed by atoms with Crippen LogP contribution in [0.5, 0.6) is 0 Å². The van der Waals surface area contributed by atoms with Crippen LogP contribution in [0.3, 0.4) is 0 Å². The summed E-state index contributed by atoms with van der Waals surface area (Å²) >= 11 is 0. The quantitative estimate of drug-likeness (QED) is 0.800. The summed E-state index contributed by atoms with van der Waals surface area (Å²) in [7, 11) is 1.75. The first-order valence-electron chi connectivity index (χ1n) is 7.76. The Hall–Kier alpha value is -2.17. The summed E-state index contributed by atoms with van der Waals surface area (Å²) in [5.74, 6) is -0.0998. The lowest BCUT2D eigenvalue weighted by Crippen LogP contribution is -2.37. The fourth-order valence-corrected chi connectivity index (χ4v) is 2.23. The van der Waals surface area contributed by atoms with Gasteiger partial charge in [-0.3, -0.25) is 4.79 Å². The Morgan fingerprint density at radius 2 is 1.78 bits per heavy atom. The minimum Gasteiger partial charge on any atom is -0.375 e. The fraction of sp³-hybridized carbons (Fsp3) is 0.316. The lowest BCUT2D eigenvalue weighted by atomic mass is 10.1. The van der Waals surface area contributed by atoms with Crippen LogP contribution in [-0.4, -0.2) is 31.0 Å². The highest BCUT2D eigenvalue weighted by Gasteiger charge is 2.19. The minimum atomic E-state index is -0.630. The van der Waals surface area contributed by atoms with E-state index in [-0.39, 0.29) is 5.91 Å². The molecule has 122 valence electrons. The van der Waals surface area contributed by atoms with Gasteiger partial charge in [0.1, 0.15) is 6.04 Å². The second-order valence-electron chi connectivity index (χ2n) is 5.69. The van der Waals surface area contributed by atoms with Gasteiger partial charge in [0.2, 0.25) is 5.91 Å². The van der Waals surface area contributed by atoms with Gasteiger partial charge < -0.3 is 15.4 Å². The fourth-order valence-electron chi connectivity index (χ4n) is 2.23. The van der Waals surface area contributed by atoms with Crippen LogP contribution in [0.15, 0.2) is 54.6 Å². The van der Waals surface area contributed by atoms with Crippen LogP contribution < -0.4 is 5.73 Å². The van der Waals surface area contributed by atoms with Crippen molar-refractivity contribution in [1.29, 1.82) is 0 Å². The summed E-state index contributed by atoms with van der Waals surface area (Å²) < 4.78 is 5.61. The zero-order chi connectivity index (χ0) is 16.7. The molecule has 4 nitrogen and oxygen atoms in total. The number of ether oxygens (including phenoxy) is 1. The summed E-state index contributed by atoms with van der Waals surface area (Å²) in [4.78, 5) is 14.0. The Kier molecular flexibility index (Phi) is 6.32. The van der Waals surface area contributed by atoms with Crippen LogP contribution in [0.2, 0.25) is 0 Å². The maximum absolute atomic E-state index is 12.3. The molecule has 2 rings (SSSR count). The number of rotatable bonds is 7. The molecule has 2 N–H and O–H groups in total. The Morgan fingerprint density at radius 3 is 2.43 bits per heavy atom. The highest BCUT2D eigenvalue weighted by Crippen LogP contribution is 2.13. The number of hydrogen-bond acceptors (Lipinski definition) is 3. The average molecular weight is 312 g/mol. The van der Waals surface area contributed by atoms with Gasteiger partial charge in [-0.15, -0.1) is 0 Å². The zero-order valence-electron chi connectivity index (χ0n) is 13.7. The van der Waals surface area contributed by atoms with Crippen molar-refractivity contribution in [2.75, 3.05) is 20.2 Å². The van der Waals surface area contributed by atoms with E-state index in [0.29, 0.717) is 19.8 Å². The largest absolute Gasteiger partial charge is 0.375 e. The molecule has 0 aromatic heterocycles. The molecule has 0 aliphatic carbocycles. The lowest BCUT2D eigenvalue weighted by Gasteiger charge is -2.21. The van der Waals surface area contributed by atoms with Crippen LogP contribution >= 0.6 is 0 Å². The van der Waals surface area contributed by atoms with E-state index in [1.54, 1.807) is 11.9 Å². The number of carbonyl (C=O) groups is 1. The SMILES string of the molecule is Cc1ccc(C(N)C(=O)N(C)CCOCc2ccccc2)cc1. The molecule has 0 saturated heterocycles. The molecule has 0 aliphatic heterocycles. The average Bonchev–Trinajstić information content (AvgIpc) is 2.59. The van der Waals surface area contributed by atoms with Gasteiger partial charge >= 0.3 is 0 Å². The van der Waals surface area contributed by atoms with Gasteiger partial charge in [0, 0.05) is 13.6 Å². The van der Waals surface area contributed by atoms with E-state index in [1.165, 1.54) is 0 Å². The molecule has 0 spiro atoms. The van der Waals surface area contributed by atoms with Crippen molar-refractivity contribution in [1.82, 2.24) is 4.90 Å². The van der Waals surface area contributed by atoms with Gasteiger partial charge in [0.05, 0.1) is 13.2 Å². The molecule has 0 fully saturated rings. The first kappa shape index (κ1) is 17.2. The molecule has 1 unspecified atom stereocenters. The number of carbonyl (C=O) groups excluding carboxylic acids is 1. The van der Waals surface area contributed by atoms with Crippen molar-refractivity contribution in [3.8, 4) is 0 Å². The lowest BCUT2D eigenvalue weighted by molar-refractivity contribution is -0.132. The Labute approximate surface area is 137 Å². The Balaban J connectivity index is 1.77. The van der Waals surface area contributed by atoms with Crippen LogP contribution in [0, 0.1) is 6.92 Å². The molecule has 0 bridgehead atoms. The van der Waals surface area contributed by atoms with Crippen LogP contribution in [0.4, 0.5) is 0 Å². The normalized spacial score (nSPS) is 12.0. The summed E-state index contributed by atoms with van der Waals surface area (Å²) in [6, 6.07) is 17.1. The second kappa shape index (κ2) is 8.46. The summed E-state index contributed by atoms with van der Waals surface area (Å²) in [6.45, 7) is 3.56. The molecule has 4 heteroatoms. The van der Waals surface area contributed by atoms with Gasteiger partial charge in [-0.1, -0.05) is 60.2 Å². The third kappa shape index (κ3) is 5.20. The maximum atomic E-state index is 12.3. The maximum Gasteiger partial charge on any atom is 0.243 e. The van der Waals surface area contributed by atoms with Crippen LogP contribution in [0.1, 0.15) is 22.7 Å². The van der Waals surface area contributed by atoms with Crippen molar-refractivity contribution in [3.63, 3.8) is 0 Å². The Bertz CT molecular complexity index is 611. The Morgan fingerprint density at radius 1 is 1.13 bits per heavy atom. The molecule has 0 radical (unpaired) electrons. The summed E-state index contributed by atoms with van der Waals surface area (Å²) in [5.41, 5.74) is 9.16. The van der Waals surface area contributed by atoms with E-state index < -0.39 is 6.04 Å². The summed E-state index contributed by atoms with van der Waals surface area (Å²) in [6.07, 6.45) is 0. The molecular weight excluding hydrogens is 288 g/mol. The van der Waals surface area contributed by atoms with Crippen molar-refractivity contribution in [3.05, 3.63) is 71.3 Å². The topological polar surface area (TPSA) is 55.6 Å². The molecule has 0 aliphatic rings. The number of hydrogen-bond donors (Lipinski definition) is 1. The van der Waals surface area contributed by atoms with E-state index in [4.69, 9.17) is 10.5 Å². The zero-order valence-corrected chi connectivity index (χ0v) is 13.7. The predicted octanol–water partition coefficient (Wildman–Crippen LogP) is 2.67. The van der Waals surface area contributed by atoms with E-state index in [0.717, 1.165) is 16.7 Å². The standard InChI is InChI=1S/C19H24N2O2/c1-15-8-10-17(11-9-15)18(20)19(22)21(2)12-13-23-14-16-6-4-3-5-7-16/h3-11,18H,12-14,20H2,1-2H3. The monoisotopic (exact) mass is 312 g/mol. The van der Waals surface area contributed by atoms with Gasteiger partial charge in [-0.05, 0) is 18.1 Å². The van der Waals surface area contributed by atoms with E-state index in [9.17, 15) is 4.79 Å². The van der Waals surface area contributed by atoms with Gasteiger partial charge in [0.15, 0.2) is 0 Å². The number of benzene rings is 2. The van der Waals surface area contributed by atoms with Gasteiger partial charge in [0.25, 0.3) is 0 Å². The smallest absolute Gasteiger partial charge is 0.243 e. The molecule has 23 heavy (non-hydrogen) atoms. The first-order chi connectivity index (χ1) is 11.1. The molecule has 0 saturated carbocycles. The minimum absolute atomic E-state index is 0.0998. The van der Waals surface area contributed by atoms with Crippen LogP contribution in [-0.2, 0) is 16.1 Å².